The van der Waals surface area contributed by atoms with Gasteiger partial charge in [-0.05, 0) is 46.4 Å². The number of carbonyl (C=O) groups excluding carboxylic acids is 1. The summed E-state index contributed by atoms with van der Waals surface area (Å²) in [4.78, 5) is 14.5. The summed E-state index contributed by atoms with van der Waals surface area (Å²) in [6, 6.07) is 22.6. The lowest BCUT2D eigenvalue weighted by Gasteiger charge is -2.27. The molecule has 164 valence electrons. The Morgan fingerprint density at radius 2 is 1.78 bits per heavy atom. The van der Waals surface area contributed by atoms with Gasteiger partial charge in [-0.1, -0.05) is 80.6 Å². The van der Waals surface area contributed by atoms with Crippen molar-refractivity contribution in [2.45, 2.75) is 45.1 Å². The third-order valence-electron chi connectivity index (χ3n) is 6.66. The average Bonchev–Trinajstić information content (AvgIpc) is 2.86. The van der Waals surface area contributed by atoms with Crippen molar-refractivity contribution in [3.05, 3.63) is 71.8 Å². The fraction of sp³-hybridized carbons (Fsp3) is 0.357. The molecule has 1 amide bonds. The molecule has 0 spiro atoms. The van der Waals surface area contributed by atoms with E-state index in [1.165, 1.54) is 32.1 Å². The van der Waals surface area contributed by atoms with Crippen molar-refractivity contribution in [1.29, 1.82) is 5.26 Å². The minimum absolute atomic E-state index is 0.00285. The van der Waals surface area contributed by atoms with E-state index in [-0.39, 0.29) is 11.8 Å². The van der Waals surface area contributed by atoms with E-state index in [9.17, 15) is 10.1 Å². The number of alkyl halides is 1. The molecule has 0 atom stereocenters. The van der Waals surface area contributed by atoms with Crippen molar-refractivity contribution in [2.24, 2.45) is 5.92 Å². The highest BCUT2D eigenvalue weighted by Gasteiger charge is 2.19. The smallest absolute Gasteiger partial charge is 0.237 e. The van der Waals surface area contributed by atoms with Crippen LogP contribution >= 0.6 is 11.6 Å². The molecule has 0 radical (unpaired) electrons. The van der Waals surface area contributed by atoms with Crippen molar-refractivity contribution in [1.82, 2.24) is 4.90 Å². The van der Waals surface area contributed by atoms with Gasteiger partial charge >= 0.3 is 0 Å². The van der Waals surface area contributed by atoms with E-state index in [0.717, 1.165) is 40.4 Å². The minimum atomic E-state index is -0.0291. The molecule has 0 saturated heterocycles. The molecule has 3 aromatic carbocycles. The molecule has 0 heterocycles. The summed E-state index contributed by atoms with van der Waals surface area (Å²) < 4.78 is 0. The summed E-state index contributed by atoms with van der Waals surface area (Å²) in [5.41, 5.74) is 3.61. The molecule has 0 bridgehead atoms. The molecule has 1 saturated carbocycles. The van der Waals surface area contributed by atoms with Crippen LogP contribution in [-0.4, -0.2) is 23.2 Å². The first-order valence-electron chi connectivity index (χ1n) is 11.5. The largest absolute Gasteiger partial charge is 0.337 e. The Labute approximate surface area is 195 Å². The van der Waals surface area contributed by atoms with Crippen LogP contribution in [0.25, 0.3) is 21.9 Å². The maximum Gasteiger partial charge on any atom is 0.237 e. The van der Waals surface area contributed by atoms with Crippen molar-refractivity contribution < 1.29 is 4.79 Å². The van der Waals surface area contributed by atoms with Gasteiger partial charge in [-0.2, -0.15) is 5.26 Å². The monoisotopic (exact) mass is 444 g/mol. The second-order valence-corrected chi connectivity index (χ2v) is 9.03. The summed E-state index contributed by atoms with van der Waals surface area (Å²) in [6.45, 7) is 1.25. The molecule has 4 heteroatoms. The van der Waals surface area contributed by atoms with Gasteiger partial charge in [0.1, 0.15) is 5.88 Å². The number of fused-ring (bicyclic) bond motifs is 1. The van der Waals surface area contributed by atoms with E-state index in [2.05, 4.69) is 36.4 Å². The van der Waals surface area contributed by atoms with Crippen molar-refractivity contribution in [3.63, 3.8) is 0 Å². The Hall–Kier alpha value is -2.83. The number of hydrogen-bond donors (Lipinski definition) is 0. The van der Waals surface area contributed by atoms with Crippen LogP contribution in [0.5, 0.6) is 0 Å². The van der Waals surface area contributed by atoms with E-state index in [1.807, 2.05) is 35.2 Å². The Morgan fingerprint density at radius 3 is 2.56 bits per heavy atom. The lowest BCUT2D eigenvalue weighted by Crippen LogP contribution is -2.33. The number of nitrogens with zero attached hydrogens (tertiary/aromatic N) is 2. The van der Waals surface area contributed by atoms with Gasteiger partial charge in [0.05, 0.1) is 11.6 Å². The first kappa shape index (κ1) is 22.4. The average molecular weight is 445 g/mol. The van der Waals surface area contributed by atoms with Gasteiger partial charge in [-0.3, -0.25) is 4.79 Å². The SMILES string of the molecule is N#Cc1ccc(CN(CCC2CCCCC2)C(=O)CCl)cc1-c1cccc2ccccc12. The fourth-order valence-electron chi connectivity index (χ4n) is 4.88. The van der Waals surface area contributed by atoms with Gasteiger partial charge in [0.2, 0.25) is 5.91 Å². The van der Waals surface area contributed by atoms with E-state index >= 15 is 0 Å². The molecule has 0 aliphatic heterocycles. The predicted octanol–water partition coefficient (Wildman–Crippen LogP) is 6.92. The molecular weight excluding hydrogens is 416 g/mol. The van der Waals surface area contributed by atoms with Gasteiger partial charge in [0.25, 0.3) is 0 Å². The third kappa shape index (κ3) is 5.14. The number of amides is 1. The number of carbonyl (C=O) groups is 1. The van der Waals surface area contributed by atoms with Gasteiger partial charge in [-0.15, -0.1) is 11.6 Å². The van der Waals surface area contributed by atoms with Gasteiger partial charge in [-0.25, -0.2) is 0 Å². The highest BCUT2D eigenvalue weighted by Crippen LogP contribution is 2.32. The quantitative estimate of drug-likeness (QED) is 0.371. The Kier molecular flexibility index (Phi) is 7.45. The highest BCUT2D eigenvalue weighted by atomic mass is 35.5. The van der Waals surface area contributed by atoms with Crippen LogP contribution in [0, 0.1) is 17.2 Å². The topological polar surface area (TPSA) is 44.1 Å². The zero-order valence-corrected chi connectivity index (χ0v) is 19.2. The van der Waals surface area contributed by atoms with Crippen LogP contribution in [-0.2, 0) is 11.3 Å². The van der Waals surface area contributed by atoms with E-state index in [4.69, 9.17) is 11.6 Å². The first-order chi connectivity index (χ1) is 15.7. The second kappa shape index (κ2) is 10.7. The molecule has 1 aliphatic rings. The van der Waals surface area contributed by atoms with E-state index in [0.29, 0.717) is 18.0 Å². The van der Waals surface area contributed by atoms with Crippen molar-refractivity contribution in [3.8, 4) is 17.2 Å². The van der Waals surface area contributed by atoms with Crippen LogP contribution in [0.15, 0.2) is 60.7 Å². The molecule has 0 aromatic heterocycles. The summed E-state index contributed by atoms with van der Waals surface area (Å²) in [5, 5.41) is 12.0. The number of nitriles is 1. The molecule has 4 rings (SSSR count). The zero-order chi connectivity index (χ0) is 22.3. The second-order valence-electron chi connectivity index (χ2n) is 8.76. The molecule has 32 heavy (non-hydrogen) atoms. The number of benzene rings is 3. The summed E-state index contributed by atoms with van der Waals surface area (Å²) >= 11 is 5.94. The molecular formula is C28H29ClN2O. The van der Waals surface area contributed by atoms with Crippen molar-refractivity contribution in [2.75, 3.05) is 12.4 Å². The minimum Gasteiger partial charge on any atom is -0.337 e. The fourth-order valence-corrected chi connectivity index (χ4v) is 5.05. The van der Waals surface area contributed by atoms with Crippen molar-refractivity contribution >= 4 is 28.3 Å². The summed E-state index contributed by atoms with van der Waals surface area (Å²) in [7, 11) is 0. The lowest BCUT2D eigenvalue weighted by atomic mass is 9.87. The number of halogens is 1. The normalized spacial score (nSPS) is 14.2. The van der Waals surface area contributed by atoms with Crippen LogP contribution < -0.4 is 0 Å². The van der Waals surface area contributed by atoms with Crippen LogP contribution in [0.2, 0.25) is 0 Å². The maximum atomic E-state index is 12.6. The summed E-state index contributed by atoms with van der Waals surface area (Å²) in [6.07, 6.45) is 7.52. The van der Waals surface area contributed by atoms with Gasteiger partial charge in [0, 0.05) is 18.7 Å². The standard InChI is InChI=1S/C28H29ClN2O/c29-18-28(32)31(16-15-21-7-2-1-3-8-21)20-22-13-14-24(19-30)27(17-22)26-12-6-10-23-9-4-5-11-25(23)26/h4-6,9-14,17,21H,1-3,7-8,15-16,18,20H2. The van der Waals surface area contributed by atoms with Crippen LogP contribution in [0.4, 0.5) is 0 Å². The Balaban J connectivity index is 1.61. The lowest BCUT2D eigenvalue weighted by molar-refractivity contribution is -0.129. The molecule has 0 unspecified atom stereocenters. The van der Waals surface area contributed by atoms with Crippen LogP contribution in [0.1, 0.15) is 49.7 Å². The van der Waals surface area contributed by atoms with Crippen LogP contribution in [0.3, 0.4) is 0 Å². The van der Waals surface area contributed by atoms with E-state index in [1.54, 1.807) is 0 Å². The molecule has 1 aliphatic carbocycles. The maximum absolute atomic E-state index is 12.6. The Bertz CT molecular complexity index is 1120. The first-order valence-corrected chi connectivity index (χ1v) is 12.1. The number of rotatable bonds is 7. The third-order valence-corrected chi connectivity index (χ3v) is 6.89. The molecule has 0 N–H and O–H groups in total. The molecule has 3 aromatic rings. The number of hydrogen-bond acceptors (Lipinski definition) is 2. The summed E-state index contributed by atoms with van der Waals surface area (Å²) in [5.74, 6) is 0.678. The zero-order valence-electron chi connectivity index (χ0n) is 18.4. The van der Waals surface area contributed by atoms with Gasteiger partial charge < -0.3 is 4.90 Å². The highest BCUT2D eigenvalue weighted by molar-refractivity contribution is 6.27. The molecule has 3 nitrogen and oxygen atoms in total. The Morgan fingerprint density at radius 1 is 1.00 bits per heavy atom. The van der Waals surface area contributed by atoms with Gasteiger partial charge in [0.15, 0.2) is 0 Å². The van der Waals surface area contributed by atoms with E-state index < -0.39 is 0 Å². The molecule has 1 fully saturated rings. The predicted molar refractivity (Wildman–Crippen MR) is 131 cm³/mol.